The molecule has 0 aromatic rings. The number of ether oxygens (including phenoxy) is 2. The molecule has 304 valence electrons. The van der Waals surface area contributed by atoms with Gasteiger partial charge in [0, 0.05) is 19.0 Å². The SMILES string of the molecule is CCCCC/C=C/C/C=C/C/C=C/C/C=C/CCCC(=O)OC[C@H](COP(=O)(O)OCCN)OC(=O)/C=C/C=C/CCCCCCCCCCCCC. The molecule has 0 heterocycles. The molecule has 0 saturated heterocycles. The number of allylic oxidation sites excluding steroid dienone is 11. The van der Waals surface area contributed by atoms with E-state index in [-0.39, 0.29) is 26.2 Å². The molecule has 0 rings (SSSR count). The van der Waals surface area contributed by atoms with E-state index < -0.39 is 32.5 Å². The number of unbranched alkanes of at least 4 members (excludes halogenated alkanes) is 15. The van der Waals surface area contributed by atoms with Crippen LogP contribution in [-0.4, -0.2) is 49.3 Å². The summed E-state index contributed by atoms with van der Waals surface area (Å²) in [5.41, 5.74) is 5.33. The van der Waals surface area contributed by atoms with Crippen LogP contribution in [0.2, 0.25) is 0 Å². The van der Waals surface area contributed by atoms with E-state index in [1.54, 1.807) is 12.2 Å². The summed E-state index contributed by atoms with van der Waals surface area (Å²) in [5.74, 6) is -1.15. The third-order valence-corrected chi connectivity index (χ3v) is 9.16. The third kappa shape index (κ3) is 39.0. The van der Waals surface area contributed by atoms with Gasteiger partial charge in [-0.3, -0.25) is 13.8 Å². The fourth-order valence-corrected chi connectivity index (χ4v) is 5.89. The van der Waals surface area contributed by atoms with E-state index >= 15 is 0 Å². The molecule has 9 nitrogen and oxygen atoms in total. The molecule has 0 amide bonds. The molecule has 0 fully saturated rings. The molecule has 3 N–H and O–H groups in total. The standard InChI is InChI=1S/C43H74NO8P/c1-3-5-7-9-11-13-15-17-19-20-22-23-25-27-29-31-33-35-42(45)49-39-41(40-51-53(47,48)50-38-37-44)52-43(46)36-34-32-30-28-26-24-21-18-16-14-12-10-8-6-4-2/h11,13,17,19,22-23,27,29-30,32,34,36,41H,3-10,12,14-16,18,20-21,24-26,28,31,33,35,37-40,44H2,1-2H3,(H,47,48)/b13-11+,19-17+,23-22+,29-27+,32-30+,36-34+/t41-/m1/s1. The number of rotatable bonds is 37. The second-order valence-electron chi connectivity index (χ2n) is 13.2. The van der Waals surface area contributed by atoms with Gasteiger partial charge in [0.2, 0.25) is 0 Å². The summed E-state index contributed by atoms with van der Waals surface area (Å²) >= 11 is 0. The Morgan fingerprint density at radius 2 is 1.11 bits per heavy atom. The van der Waals surface area contributed by atoms with Gasteiger partial charge in [-0.25, -0.2) is 9.36 Å². The Labute approximate surface area is 322 Å². The maximum absolute atomic E-state index is 12.4. The molecule has 2 atom stereocenters. The number of hydrogen-bond donors (Lipinski definition) is 2. The predicted octanol–water partition coefficient (Wildman–Crippen LogP) is 11.5. The van der Waals surface area contributed by atoms with Crippen molar-refractivity contribution in [2.24, 2.45) is 5.73 Å². The van der Waals surface area contributed by atoms with Crippen molar-refractivity contribution in [3.05, 3.63) is 72.9 Å². The number of carbonyl (C=O) groups excluding carboxylic acids is 2. The van der Waals surface area contributed by atoms with Gasteiger partial charge in [0.05, 0.1) is 13.2 Å². The Kier molecular flexibility index (Phi) is 37.3. The first kappa shape index (κ1) is 50.5. The summed E-state index contributed by atoms with van der Waals surface area (Å²) in [6, 6.07) is 0. The van der Waals surface area contributed by atoms with Gasteiger partial charge in [-0.1, -0.05) is 158 Å². The van der Waals surface area contributed by atoms with Gasteiger partial charge in [-0.05, 0) is 57.8 Å². The minimum Gasteiger partial charge on any atom is -0.462 e. The van der Waals surface area contributed by atoms with E-state index in [1.807, 2.05) is 12.2 Å². The zero-order valence-electron chi connectivity index (χ0n) is 33.2. The monoisotopic (exact) mass is 764 g/mol. The van der Waals surface area contributed by atoms with Gasteiger partial charge < -0.3 is 20.1 Å². The van der Waals surface area contributed by atoms with Crippen molar-refractivity contribution in [1.29, 1.82) is 0 Å². The van der Waals surface area contributed by atoms with Crippen molar-refractivity contribution in [3.63, 3.8) is 0 Å². The van der Waals surface area contributed by atoms with Gasteiger partial charge in [-0.2, -0.15) is 0 Å². The lowest BCUT2D eigenvalue weighted by Crippen LogP contribution is -2.29. The second-order valence-corrected chi connectivity index (χ2v) is 14.7. The van der Waals surface area contributed by atoms with Gasteiger partial charge >= 0.3 is 19.8 Å². The van der Waals surface area contributed by atoms with Crippen molar-refractivity contribution in [2.75, 3.05) is 26.4 Å². The van der Waals surface area contributed by atoms with E-state index in [0.29, 0.717) is 6.42 Å². The molecule has 0 bridgehead atoms. The van der Waals surface area contributed by atoms with Crippen LogP contribution in [0, 0.1) is 0 Å². The van der Waals surface area contributed by atoms with Crippen LogP contribution >= 0.6 is 7.82 Å². The molecule has 53 heavy (non-hydrogen) atoms. The minimum absolute atomic E-state index is 0.0303. The lowest BCUT2D eigenvalue weighted by atomic mass is 10.1. The number of hydrogen-bond acceptors (Lipinski definition) is 8. The molecular weight excluding hydrogens is 689 g/mol. The summed E-state index contributed by atoms with van der Waals surface area (Å²) in [7, 11) is -4.41. The third-order valence-electron chi connectivity index (χ3n) is 8.17. The lowest BCUT2D eigenvalue weighted by Gasteiger charge is -2.19. The molecule has 10 heteroatoms. The number of phosphoric ester groups is 1. The number of carbonyl (C=O) groups is 2. The first-order valence-corrected chi connectivity index (χ1v) is 22.0. The van der Waals surface area contributed by atoms with Crippen LogP contribution in [0.3, 0.4) is 0 Å². The van der Waals surface area contributed by atoms with E-state index in [9.17, 15) is 19.0 Å². The quantitative estimate of drug-likeness (QED) is 0.0158. The van der Waals surface area contributed by atoms with Crippen molar-refractivity contribution < 1.29 is 37.6 Å². The summed E-state index contributed by atoms with van der Waals surface area (Å²) in [5, 5.41) is 0. The Balaban J connectivity index is 4.40. The zero-order chi connectivity index (χ0) is 38.9. The van der Waals surface area contributed by atoms with Crippen LogP contribution in [0.5, 0.6) is 0 Å². The molecule has 0 saturated carbocycles. The van der Waals surface area contributed by atoms with Gasteiger partial charge in [0.1, 0.15) is 6.61 Å². The van der Waals surface area contributed by atoms with Crippen molar-refractivity contribution >= 4 is 19.8 Å². The van der Waals surface area contributed by atoms with Crippen molar-refractivity contribution in [2.45, 2.75) is 161 Å². The highest BCUT2D eigenvalue weighted by molar-refractivity contribution is 7.47. The van der Waals surface area contributed by atoms with Crippen LogP contribution < -0.4 is 5.73 Å². The maximum Gasteiger partial charge on any atom is 0.472 e. The summed E-state index contributed by atoms with van der Waals surface area (Å²) in [6.07, 6.45) is 47.1. The average Bonchev–Trinajstić information content (AvgIpc) is 3.14. The van der Waals surface area contributed by atoms with Gasteiger partial charge in [0.15, 0.2) is 6.10 Å². The highest BCUT2D eigenvalue weighted by atomic mass is 31.2. The van der Waals surface area contributed by atoms with Crippen LogP contribution in [-0.2, 0) is 32.7 Å². The Morgan fingerprint density at radius 1 is 0.623 bits per heavy atom. The smallest absolute Gasteiger partial charge is 0.462 e. The normalized spacial score (nSPS) is 14.1. The van der Waals surface area contributed by atoms with Crippen LogP contribution in [0.1, 0.15) is 155 Å². The molecule has 1 unspecified atom stereocenters. The fourth-order valence-electron chi connectivity index (χ4n) is 5.12. The van der Waals surface area contributed by atoms with Crippen molar-refractivity contribution in [1.82, 2.24) is 0 Å². The largest absolute Gasteiger partial charge is 0.472 e. The molecule has 0 aliphatic carbocycles. The summed E-state index contributed by atoms with van der Waals surface area (Å²) in [4.78, 5) is 34.6. The maximum atomic E-state index is 12.4. The summed E-state index contributed by atoms with van der Waals surface area (Å²) < 4.78 is 32.4. The van der Waals surface area contributed by atoms with E-state index in [0.717, 1.165) is 38.5 Å². The first-order chi connectivity index (χ1) is 25.8. The topological polar surface area (TPSA) is 134 Å². The van der Waals surface area contributed by atoms with E-state index in [1.165, 1.54) is 96.0 Å². The highest BCUT2D eigenvalue weighted by Gasteiger charge is 2.25. The Bertz CT molecular complexity index is 1100. The number of nitrogens with two attached hydrogens (primary N) is 1. The molecular formula is C43H74NO8P. The van der Waals surface area contributed by atoms with Crippen LogP contribution in [0.15, 0.2) is 72.9 Å². The lowest BCUT2D eigenvalue weighted by molar-refractivity contribution is -0.157. The zero-order valence-corrected chi connectivity index (χ0v) is 34.1. The van der Waals surface area contributed by atoms with Crippen LogP contribution in [0.4, 0.5) is 0 Å². The summed E-state index contributed by atoms with van der Waals surface area (Å²) in [6.45, 7) is 3.49. The highest BCUT2D eigenvalue weighted by Crippen LogP contribution is 2.43. The molecule has 0 aliphatic rings. The van der Waals surface area contributed by atoms with Crippen molar-refractivity contribution in [3.8, 4) is 0 Å². The second kappa shape index (κ2) is 39.2. The molecule has 0 spiro atoms. The first-order valence-electron chi connectivity index (χ1n) is 20.5. The Morgan fingerprint density at radius 3 is 1.70 bits per heavy atom. The molecule has 0 radical (unpaired) electrons. The Hall–Kier alpha value is -2.55. The van der Waals surface area contributed by atoms with Crippen LogP contribution in [0.25, 0.3) is 0 Å². The average molecular weight is 764 g/mol. The predicted molar refractivity (Wildman–Crippen MR) is 219 cm³/mol. The number of esters is 2. The van der Waals surface area contributed by atoms with Gasteiger partial charge in [-0.15, -0.1) is 0 Å². The minimum atomic E-state index is -4.41. The van der Waals surface area contributed by atoms with E-state index in [4.69, 9.17) is 24.3 Å². The van der Waals surface area contributed by atoms with E-state index in [2.05, 4.69) is 56.4 Å². The van der Waals surface area contributed by atoms with Gasteiger partial charge in [0.25, 0.3) is 0 Å². The molecule has 0 aliphatic heterocycles. The number of phosphoric acid groups is 1. The molecule has 0 aromatic carbocycles. The fraction of sp³-hybridized carbons (Fsp3) is 0.674. The molecule has 0 aromatic heterocycles.